The molecule has 1 radical (unpaired) electrons. The second kappa shape index (κ2) is 5.30. The van der Waals surface area contributed by atoms with Gasteiger partial charge in [0.2, 0.25) is 0 Å². The van der Waals surface area contributed by atoms with Gasteiger partial charge in [0.25, 0.3) is 5.91 Å². The van der Waals surface area contributed by atoms with Gasteiger partial charge in [-0.15, -0.1) is 0 Å². The Hall–Kier alpha value is -1.61. The summed E-state index contributed by atoms with van der Waals surface area (Å²) in [6.45, 7) is 4.10. The van der Waals surface area contributed by atoms with Crippen molar-refractivity contribution in [3.8, 4) is 0 Å². The van der Waals surface area contributed by atoms with Crippen LogP contribution < -0.4 is 5.32 Å². The van der Waals surface area contributed by atoms with Gasteiger partial charge in [0, 0.05) is 7.11 Å². The molecule has 1 N–H and O–H groups in total. The van der Waals surface area contributed by atoms with Crippen molar-refractivity contribution in [3.05, 3.63) is 41.0 Å². The molecule has 111 valence electrons. The maximum atomic E-state index is 12.4. The van der Waals surface area contributed by atoms with Crippen molar-refractivity contribution in [2.75, 3.05) is 7.11 Å². The first kappa shape index (κ1) is 14.3. The Morgan fingerprint density at radius 3 is 2.67 bits per heavy atom. The Balaban J connectivity index is 1.91. The summed E-state index contributed by atoms with van der Waals surface area (Å²) >= 11 is 0. The van der Waals surface area contributed by atoms with Gasteiger partial charge in [-0.05, 0) is 56.7 Å². The number of nitrogens with one attached hydrogen (secondary N) is 1. The molecule has 1 heterocycles. The lowest BCUT2D eigenvalue weighted by Crippen LogP contribution is -2.46. The first-order chi connectivity index (χ1) is 10.0. The highest BCUT2D eigenvalue weighted by Gasteiger charge is 2.41. The summed E-state index contributed by atoms with van der Waals surface area (Å²) in [5.41, 5.74) is 3.74. The summed E-state index contributed by atoms with van der Waals surface area (Å²) < 4.78 is 5.42. The van der Waals surface area contributed by atoms with E-state index in [-0.39, 0.29) is 11.4 Å². The third-order valence-corrected chi connectivity index (χ3v) is 4.73. The van der Waals surface area contributed by atoms with Crippen LogP contribution in [0.5, 0.6) is 0 Å². The fourth-order valence-electron chi connectivity index (χ4n) is 3.37. The number of carbonyl (C=O) groups excluding carboxylic acids is 1. The summed E-state index contributed by atoms with van der Waals surface area (Å²) in [5, 5.41) is 3.17. The molecule has 1 fully saturated rings. The summed E-state index contributed by atoms with van der Waals surface area (Å²) in [7, 11) is 1.76. The maximum absolute atomic E-state index is 12.4. The minimum Gasteiger partial charge on any atom is -0.381 e. The van der Waals surface area contributed by atoms with E-state index in [1.165, 1.54) is 5.56 Å². The van der Waals surface area contributed by atoms with E-state index < -0.39 is 0 Å². The molecule has 0 unspecified atom stereocenters. The van der Waals surface area contributed by atoms with Crippen LogP contribution in [0.2, 0.25) is 0 Å². The predicted molar refractivity (Wildman–Crippen MR) is 82.7 cm³/mol. The number of hydrogen-bond acceptors (Lipinski definition) is 2. The van der Waals surface area contributed by atoms with Gasteiger partial charge in [0.15, 0.2) is 0 Å². The van der Waals surface area contributed by atoms with Crippen LogP contribution in [0.15, 0.2) is 18.2 Å². The van der Waals surface area contributed by atoms with Gasteiger partial charge in [-0.25, -0.2) is 0 Å². The Bertz CT molecular complexity index is 595. The summed E-state index contributed by atoms with van der Waals surface area (Å²) in [5.74, 6) is 0.0135. The maximum Gasteiger partial charge on any atom is 0.252 e. The largest absolute Gasteiger partial charge is 0.381 e. The minimum atomic E-state index is -0.280. The van der Waals surface area contributed by atoms with Crippen molar-refractivity contribution < 1.29 is 9.53 Å². The van der Waals surface area contributed by atoms with Crippen LogP contribution in [0, 0.1) is 19.9 Å². The summed E-state index contributed by atoms with van der Waals surface area (Å²) in [6.07, 6.45) is 7.57. The Morgan fingerprint density at radius 2 is 2.00 bits per heavy atom. The first-order valence-electron chi connectivity index (χ1n) is 7.61. The van der Waals surface area contributed by atoms with Gasteiger partial charge in [-0.1, -0.05) is 23.8 Å². The molecule has 2 aliphatic rings. The van der Waals surface area contributed by atoms with Crippen LogP contribution in [-0.4, -0.2) is 24.7 Å². The van der Waals surface area contributed by atoms with Crippen molar-refractivity contribution in [3.63, 3.8) is 0 Å². The number of hydrogen-bond donors (Lipinski definition) is 1. The number of amides is 1. The average Bonchev–Trinajstić information content (AvgIpc) is 2.79. The van der Waals surface area contributed by atoms with Crippen molar-refractivity contribution in [2.24, 2.45) is 0 Å². The molecule has 3 heteroatoms. The highest BCUT2D eigenvalue weighted by Crippen LogP contribution is 2.37. The predicted octanol–water partition coefficient (Wildman–Crippen LogP) is 2.95. The fourth-order valence-corrected chi connectivity index (χ4v) is 3.37. The van der Waals surface area contributed by atoms with Crippen LogP contribution in [0.4, 0.5) is 0 Å². The highest BCUT2D eigenvalue weighted by molar-refractivity contribution is 6.21. The quantitative estimate of drug-likeness (QED) is 0.906. The average molecular weight is 284 g/mol. The Labute approximate surface area is 126 Å². The molecule has 21 heavy (non-hydrogen) atoms. The van der Waals surface area contributed by atoms with E-state index in [0.717, 1.165) is 36.8 Å². The van der Waals surface area contributed by atoms with Gasteiger partial charge < -0.3 is 10.1 Å². The normalized spacial score (nSPS) is 28.6. The molecule has 1 aromatic rings. The lowest BCUT2D eigenvalue weighted by atomic mass is 9.80. The van der Waals surface area contributed by atoms with Crippen LogP contribution in [0.3, 0.4) is 0 Å². The zero-order valence-corrected chi connectivity index (χ0v) is 13.0. The van der Waals surface area contributed by atoms with E-state index in [1.807, 2.05) is 6.92 Å². The highest BCUT2D eigenvalue weighted by atomic mass is 16.5. The molecule has 0 saturated heterocycles. The lowest BCUT2D eigenvalue weighted by Gasteiger charge is -2.35. The molecule has 0 atom stereocenters. The molecular weight excluding hydrogens is 262 g/mol. The van der Waals surface area contributed by atoms with Crippen molar-refractivity contribution in [1.29, 1.82) is 0 Å². The van der Waals surface area contributed by atoms with E-state index in [2.05, 4.69) is 36.5 Å². The van der Waals surface area contributed by atoms with Crippen LogP contribution >= 0.6 is 0 Å². The van der Waals surface area contributed by atoms with Gasteiger partial charge in [-0.3, -0.25) is 4.79 Å². The van der Waals surface area contributed by atoms with Gasteiger partial charge in [-0.2, -0.15) is 0 Å². The van der Waals surface area contributed by atoms with E-state index >= 15 is 0 Å². The third kappa shape index (κ3) is 2.62. The van der Waals surface area contributed by atoms with Crippen LogP contribution in [0.25, 0.3) is 5.57 Å². The molecule has 1 spiro atoms. The number of ether oxygens (including phenoxy) is 1. The Kier molecular flexibility index (Phi) is 3.62. The van der Waals surface area contributed by atoms with Crippen molar-refractivity contribution in [1.82, 2.24) is 5.32 Å². The van der Waals surface area contributed by atoms with E-state index in [9.17, 15) is 4.79 Å². The van der Waals surface area contributed by atoms with Crippen LogP contribution in [0.1, 0.15) is 42.4 Å². The smallest absolute Gasteiger partial charge is 0.252 e. The molecule has 1 saturated carbocycles. The minimum absolute atomic E-state index is 0.0135. The first-order valence-corrected chi connectivity index (χ1v) is 7.61. The molecule has 1 aliphatic heterocycles. The van der Waals surface area contributed by atoms with Gasteiger partial charge in [0.05, 0.1) is 17.2 Å². The summed E-state index contributed by atoms with van der Waals surface area (Å²) in [4.78, 5) is 12.4. The van der Waals surface area contributed by atoms with Gasteiger partial charge in [0.1, 0.15) is 0 Å². The topological polar surface area (TPSA) is 38.3 Å². The Morgan fingerprint density at radius 1 is 1.29 bits per heavy atom. The number of benzene rings is 1. The fraction of sp³-hybridized carbons (Fsp3) is 0.500. The second-order valence-electron chi connectivity index (χ2n) is 6.29. The zero-order valence-electron chi connectivity index (χ0n) is 13.0. The molecule has 3 nitrogen and oxygen atoms in total. The van der Waals surface area contributed by atoms with E-state index in [0.29, 0.717) is 11.7 Å². The SMILES string of the molecule is CO[C@H]1CC[C@]2([C]=C(c3cc(C)ccc3C)C(=O)N2)CC1. The molecule has 1 aromatic carbocycles. The van der Waals surface area contributed by atoms with Crippen LogP contribution in [-0.2, 0) is 9.53 Å². The molecule has 0 aromatic heterocycles. The molecule has 3 rings (SSSR count). The number of rotatable bonds is 2. The van der Waals surface area contributed by atoms with Crippen molar-refractivity contribution in [2.45, 2.75) is 51.2 Å². The number of aryl methyl sites for hydroxylation is 2. The molecule has 1 aliphatic carbocycles. The number of methoxy groups -OCH3 is 1. The standard InChI is InChI=1S/C18H22NO2/c1-12-4-5-13(2)15(10-12)16-11-18(19-17(16)20)8-6-14(21-3)7-9-18/h4-5,10,14H,6-9H2,1-3H3,(H,19,20)/t14-,18+. The molecule has 1 amide bonds. The van der Waals surface area contributed by atoms with Gasteiger partial charge >= 0.3 is 0 Å². The molecular formula is C18H22NO2. The zero-order chi connectivity index (χ0) is 15.0. The third-order valence-electron chi connectivity index (χ3n) is 4.73. The van der Waals surface area contributed by atoms with Crippen molar-refractivity contribution >= 4 is 11.5 Å². The van der Waals surface area contributed by atoms with E-state index in [1.54, 1.807) is 7.11 Å². The number of carbonyl (C=O) groups is 1. The summed E-state index contributed by atoms with van der Waals surface area (Å²) in [6, 6.07) is 6.22. The lowest BCUT2D eigenvalue weighted by molar-refractivity contribution is -0.116. The monoisotopic (exact) mass is 284 g/mol. The molecule has 0 bridgehead atoms. The van der Waals surface area contributed by atoms with E-state index in [4.69, 9.17) is 4.74 Å². The second-order valence-corrected chi connectivity index (χ2v) is 6.29.